The third-order valence-electron chi connectivity index (χ3n) is 4.79. The standard InChI is InChI=1S/C23H23N2/c1-2-8-19(9-3-1)20-13-16-25(17-14-20)15-7-6-10-21-18-24-23-12-5-4-11-22(21)23/h1-5,8-9,11-14,16-18,24H,6-7,10,15H2/q+1. The Bertz CT molecular complexity index is 937. The normalized spacial score (nSPS) is 11.0. The number of pyridine rings is 1. The van der Waals surface area contributed by atoms with Crippen LogP contribution < -0.4 is 4.57 Å². The summed E-state index contributed by atoms with van der Waals surface area (Å²) in [6.45, 7) is 1.07. The molecule has 0 saturated carbocycles. The monoisotopic (exact) mass is 327 g/mol. The van der Waals surface area contributed by atoms with E-state index in [0.717, 1.165) is 13.0 Å². The Labute approximate surface area is 148 Å². The van der Waals surface area contributed by atoms with Gasteiger partial charge in [-0.05, 0) is 35.6 Å². The first-order valence-corrected chi connectivity index (χ1v) is 9.00. The number of hydrogen-bond acceptors (Lipinski definition) is 0. The molecular formula is C23H23N2+. The summed E-state index contributed by atoms with van der Waals surface area (Å²) < 4.78 is 2.28. The Morgan fingerprint density at radius 2 is 1.44 bits per heavy atom. The van der Waals surface area contributed by atoms with Crippen molar-refractivity contribution >= 4 is 10.9 Å². The highest BCUT2D eigenvalue weighted by Crippen LogP contribution is 2.19. The van der Waals surface area contributed by atoms with E-state index in [1.165, 1.54) is 40.4 Å². The molecule has 4 aromatic rings. The zero-order valence-corrected chi connectivity index (χ0v) is 14.4. The molecule has 25 heavy (non-hydrogen) atoms. The summed E-state index contributed by atoms with van der Waals surface area (Å²) in [5.41, 5.74) is 5.22. The van der Waals surface area contributed by atoms with Crippen LogP contribution in [0.4, 0.5) is 0 Å². The number of para-hydroxylation sites is 1. The van der Waals surface area contributed by atoms with Gasteiger partial charge in [-0.3, -0.25) is 0 Å². The third kappa shape index (κ3) is 3.63. The maximum Gasteiger partial charge on any atom is 0.169 e. The van der Waals surface area contributed by atoms with Crippen LogP contribution in [0.1, 0.15) is 18.4 Å². The molecule has 0 saturated heterocycles. The molecule has 0 aliphatic carbocycles. The molecule has 0 aliphatic heterocycles. The maximum absolute atomic E-state index is 3.36. The van der Waals surface area contributed by atoms with Gasteiger partial charge in [-0.2, -0.15) is 0 Å². The first kappa shape index (κ1) is 15.6. The van der Waals surface area contributed by atoms with Crippen molar-refractivity contribution in [2.75, 3.05) is 0 Å². The third-order valence-corrected chi connectivity index (χ3v) is 4.79. The van der Waals surface area contributed by atoms with Crippen LogP contribution in [-0.2, 0) is 13.0 Å². The molecule has 0 spiro atoms. The molecule has 0 bridgehead atoms. The van der Waals surface area contributed by atoms with Crippen LogP contribution in [0.5, 0.6) is 0 Å². The van der Waals surface area contributed by atoms with Crippen molar-refractivity contribution in [2.45, 2.75) is 25.8 Å². The van der Waals surface area contributed by atoms with Crippen LogP contribution in [0.15, 0.2) is 85.3 Å². The summed E-state index contributed by atoms with van der Waals surface area (Å²) in [6.07, 6.45) is 10.1. The highest BCUT2D eigenvalue weighted by molar-refractivity contribution is 5.82. The lowest BCUT2D eigenvalue weighted by molar-refractivity contribution is -0.697. The molecule has 124 valence electrons. The molecule has 0 fully saturated rings. The molecule has 2 aromatic heterocycles. The minimum Gasteiger partial charge on any atom is -0.361 e. The van der Waals surface area contributed by atoms with Gasteiger partial charge in [0.2, 0.25) is 0 Å². The maximum atomic E-state index is 3.36. The fourth-order valence-corrected chi connectivity index (χ4v) is 3.38. The van der Waals surface area contributed by atoms with Gasteiger partial charge in [0.15, 0.2) is 12.4 Å². The molecule has 0 unspecified atom stereocenters. The van der Waals surface area contributed by atoms with Gasteiger partial charge in [-0.25, -0.2) is 4.57 Å². The number of aryl methyl sites for hydroxylation is 2. The van der Waals surface area contributed by atoms with Crippen molar-refractivity contribution in [3.8, 4) is 11.1 Å². The van der Waals surface area contributed by atoms with Crippen molar-refractivity contribution in [1.82, 2.24) is 4.98 Å². The number of benzene rings is 2. The minimum absolute atomic E-state index is 1.07. The molecule has 0 atom stereocenters. The van der Waals surface area contributed by atoms with E-state index in [4.69, 9.17) is 0 Å². The molecule has 2 nitrogen and oxygen atoms in total. The van der Waals surface area contributed by atoms with E-state index in [2.05, 4.69) is 94.9 Å². The van der Waals surface area contributed by atoms with E-state index in [9.17, 15) is 0 Å². The molecule has 0 aliphatic rings. The predicted octanol–water partition coefficient (Wildman–Crippen LogP) is 5.15. The van der Waals surface area contributed by atoms with Crippen molar-refractivity contribution in [1.29, 1.82) is 0 Å². The number of unbranched alkanes of at least 4 members (excludes halogenated alkanes) is 1. The van der Waals surface area contributed by atoms with Gasteiger partial charge in [0.1, 0.15) is 6.54 Å². The zero-order valence-electron chi connectivity index (χ0n) is 14.4. The molecular weight excluding hydrogens is 304 g/mol. The summed E-state index contributed by atoms with van der Waals surface area (Å²) in [5, 5.41) is 1.36. The molecule has 4 rings (SSSR count). The Morgan fingerprint density at radius 3 is 2.28 bits per heavy atom. The number of aromatic amines is 1. The van der Waals surface area contributed by atoms with Gasteiger partial charge in [-0.1, -0.05) is 48.5 Å². The van der Waals surface area contributed by atoms with E-state index >= 15 is 0 Å². The number of fused-ring (bicyclic) bond motifs is 1. The van der Waals surface area contributed by atoms with Crippen LogP contribution in [0.2, 0.25) is 0 Å². The van der Waals surface area contributed by atoms with Crippen LogP contribution in [0.25, 0.3) is 22.0 Å². The highest BCUT2D eigenvalue weighted by atomic mass is 14.9. The second kappa shape index (κ2) is 7.35. The van der Waals surface area contributed by atoms with Crippen molar-refractivity contribution in [3.05, 3.63) is 90.9 Å². The summed E-state index contributed by atoms with van der Waals surface area (Å²) in [4.78, 5) is 3.36. The summed E-state index contributed by atoms with van der Waals surface area (Å²) in [5.74, 6) is 0. The van der Waals surface area contributed by atoms with E-state index in [-0.39, 0.29) is 0 Å². The zero-order chi connectivity index (χ0) is 16.9. The Morgan fingerprint density at radius 1 is 0.720 bits per heavy atom. The number of hydrogen-bond donors (Lipinski definition) is 1. The lowest BCUT2D eigenvalue weighted by Gasteiger charge is -2.02. The first-order valence-electron chi connectivity index (χ1n) is 9.00. The largest absolute Gasteiger partial charge is 0.361 e. The van der Waals surface area contributed by atoms with E-state index in [1.807, 2.05) is 0 Å². The Hall–Kier alpha value is -2.87. The van der Waals surface area contributed by atoms with E-state index < -0.39 is 0 Å². The van der Waals surface area contributed by atoms with Crippen LogP contribution in [0, 0.1) is 0 Å². The van der Waals surface area contributed by atoms with Gasteiger partial charge in [-0.15, -0.1) is 0 Å². The lowest BCUT2D eigenvalue weighted by Crippen LogP contribution is -2.32. The van der Waals surface area contributed by atoms with Crippen molar-refractivity contribution < 1.29 is 4.57 Å². The number of nitrogens with one attached hydrogen (secondary N) is 1. The summed E-state index contributed by atoms with van der Waals surface area (Å²) in [6, 6.07) is 23.5. The second-order valence-corrected chi connectivity index (χ2v) is 6.51. The SMILES string of the molecule is c1ccc(-c2cc[n+](CCCCc3c[nH]c4ccccc34)cc2)cc1. The number of nitrogens with zero attached hydrogens (tertiary/aromatic N) is 1. The number of H-pyrrole nitrogens is 1. The van der Waals surface area contributed by atoms with Gasteiger partial charge in [0, 0.05) is 35.7 Å². The summed E-state index contributed by atoms with van der Waals surface area (Å²) in [7, 11) is 0. The van der Waals surface area contributed by atoms with E-state index in [1.54, 1.807) is 0 Å². The lowest BCUT2D eigenvalue weighted by atomic mass is 10.1. The van der Waals surface area contributed by atoms with Crippen LogP contribution in [-0.4, -0.2) is 4.98 Å². The molecule has 0 radical (unpaired) electrons. The predicted molar refractivity (Wildman–Crippen MR) is 103 cm³/mol. The van der Waals surface area contributed by atoms with Crippen molar-refractivity contribution in [3.63, 3.8) is 0 Å². The fraction of sp³-hybridized carbons (Fsp3) is 0.174. The van der Waals surface area contributed by atoms with Crippen LogP contribution in [0.3, 0.4) is 0 Å². The second-order valence-electron chi connectivity index (χ2n) is 6.51. The molecule has 0 amide bonds. The molecule has 1 N–H and O–H groups in total. The molecule has 2 heterocycles. The Kier molecular flexibility index (Phi) is 4.60. The number of rotatable bonds is 6. The summed E-state index contributed by atoms with van der Waals surface area (Å²) >= 11 is 0. The van der Waals surface area contributed by atoms with Gasteiger partial charge >= 0.3 is 0 Å². The average molecular weight is 327 g/mol. The topological polar surface area (TPSA) is 19.7 Å². The van der Waals surface area contributed by atoms with E-state index in [0.29, 0.717) is 0 Å². The van der Waals surface area contributed by atoms with Gasteiger partial charge in [0.25, 0.3) is 0 Å². The quantitative estimate of drug-likeness (QED) is 0.373. The number of aromatic nitrogens is 2. The highest BCUT2D eigenvalue weighted by Gasteiger charge is 2.05. The van der Waals surface area contributed by atoms with Crippen LogP contribution >= 0.6 is 0 Å². The first-order chi connectivity index (χ1) is 12.4. The minimum atomic E-state index is 1.07. The smallest absolute Gasteiger partial charge is 0.169 e. The fourth-order valence-electron chi connectivity index (χ4n) is 3.38. The van der Waals surface area contributed by atoms with Gasteiger partial charge < -0.3 is 4.98 Å². The van der Waals surface area contributed by atoms with Gasteiger partial charge in [0.05, 0.1) is 0 Å². The average Bonchev–Trinajstić information content (AvgIpc) is 3.10. The molecule has 2 aromatic carbocycles. The Balaban J connectivity index is 1.31. The van der Waals surface area contributed by atoms with Crippen molar-refractivity contribution in [2.24, 2.45) is 0 Å². The molecule has 2 heteroatoms.